The Morgan fingerprint density at radius 2 is 2.07 bits per heavy atom. The lowest BCUT2D eigenvalue weighted by atomic mass is 9.89. The third-order valence-corrected chi connectivity index (χ3v) is 5.39. The SMILES string of the molecule is O=Cc1cc(OCCCC(=O)N(CCO)CC2CCCCC2)cc(Cl)c1[N+](=O)[O-]. The van der Waals surface area contributed by atoms with Gasteiger partial charge in [0.1, 0.15) is 10.8 Å². The predicted molar refractivity (Wildman–Crippen MR) is 108 cm³/mol. The van der Waals surface area contributed by atoms with Gasteiger partial charge in [0.05, 0.1) is 23.7 Å². The van der Waals surface area contributed by atoms with E-state index in [4.69, 9.17) is 16.3 Å². The lowest BCUT2D eigenvalue weighted by Gasteiger charge is -2.29. The van der Waals surface area contributed by atoms with E-state index < -0.39 is 10.6 Å². The highest BCUT2D eigenvalue weighted by Gasteiger charge is 2.22. The standard InChI is InChI=1S/C20H27ClN2O6/c21-18-12-17(11-16(14-25)20(18)23(27)28)29-10-4-7-19(26)22(8-9-24)13-15-5-2-1-3-6-15/h11-12,14-15,24H,1-10,13H2. The predicted octanol–water partition coefficient (Wildman–Crippen LogP) is 3.62. The number of ether oxygens (including phenoxy) is 1. The lowest BCUT2D eigenvalue weighted by Crippen LogP contribution is -2.38. The Morgan fingerprint density at radius 3 is 2.69 bits per heavy atom. The van der Waals surface area contributed by atoms with Gasteiger partial charge in [-0.2, -0.15) is 0 Å². The number of hydrogen-bond donors (Lipinski definition) is 1. The van der Waals surface area contributed by atoms with Gasteiger partial charge in [-0.25, -0.2) is 0 Å². The Balaban J connectivity index is 1.85. The zero-order chi connectivity index (χ0) is 21.2. The molecule has 0 radical (unpaired) electrons. The fraction of sp³-hybridized carbons (Fsp3) is 0.600. The summed E-state index contributed by atoms with van der Waals surface area (Å²) in [5.74, 6) is 0.715. The Bertz CT molecular complexity index is 721. The minimum Gasteiger partial charge on any atom is -0.493 e. The Kier molecular flexibility index (Phi) is 9.34. The molecule has 0 spiro atoms. The zero-order valence-corrected chi connectivity index (χ0v) is 17.1. The van der Waals surface area contributed by atoms with Crippen molar-refractivity contribution in [3.63, 3.8) is 0 Å². The summed E-state index contributed by atoms with van der Waals surface area (Å²) >= 11 is 5.88. The third kappa shape index (κ3) is 6.97. The van der Waals surface area contributed by atoms with Crippen LogP contribution in [0.5, 0.6) is 5.75 Å². The molecule has 0 unspecified atom stereocenters. The van der Waals surface area contributed by atoms with Crippen molar-refractivity contribution >= 4 is 29.5 Å². The van der Waals surface area contributed by atoms with Gasteiger partial charge in [-0.05, 0) is 31.2 Å². The number of rotatable bonds is 11. The summed E-state index contributed by atoms with van der Waals surface area (Å²) in [5, 5.41) is 20.1. The zero-order valence-electron chi connectivity index (χ0n) is 16.3. The van der Waals surface area contributed by atoms with Crippen LogP contribution in [0.4, 0.5) is 5.69 Å². The number of nitrogens with zero attached hydrogens (tertiary/aromatic N) is 2. The molecule has 1 aliphatic rings. The fourth-order valence-corrected chi connectivity index (χ4v) is 3.94. The van der Waals surface area contributed by atoms with Crippen molar-refractivity contribution in [3.05, 3.63) is 32.8 Å². The molecule has 1 saturated carbocycles. The number of hydrogen-bond acceptors (Lipinski definition) is 6. The summed E-state index contributed by atoms with van der Waals surface area (Å²) in [4.78, 5) is 35.6. The second kappa shape index (κ2) is 11.7. The van der Waals surface area contributed by atoms with Gasteiger partial charge in [0.2, 0.25) is 5.91 Å². The summed E-state index contributed by atoms with van der Waals surface area (Å²) in [6, 6.07) is 2.55. The van der Waals surface area contributed by atoms with E-state index in [9.17, 15) is 24.8 Å². The molecule has 0 atom stereocenters. The summed E-state index contributed by atoms with van der Waals surface area (Å²) < 4.78 is 5.52. The molecular formula is C20H27ClN2O6. The molecule has 1 amide bonds. The van der Waals surface area contributed by atoms with Crippen molar-refractivity contribution in [3.8, 4) is 5.75 Å². The van der Waals surface area contributed by atoms with Crippen LogP contribution >= 0.6 is 11.6 Å². The number of carbonyl (C=O) groups is 2. The normalized spacial score (nSPS) is 14.4. The van der Waals surface area contributed by atoms with Crippen LogP contribution in [0, 0.1) is 16.0 Å². The van der Waals surface area contributed by atoms with E-state index in [0.29, 0.717) is 31.7 Å². The summed E-state index contributed by atoms with van der Waals surface area (Å²) in [5.41, 5.74) is -0.610. The smallest absolute Gasteiger partial charge is 0.298 e. The first-order chi connectivity index (χ1) is 14.0. The number of amides is 1. The van der Waals surface area contributed by atoms with Crippen molar-refractivity contribution in [1.82, 2.24) is 4.90 Å². The van der Waals surface area contributed by atoms with E-state index in [1.54, 1.807) is 4.90 Å². The molecule has 8 nitrogen and oxygen atoms in total. The van der Waals surface area contributed by atoms with Crippen molar-refractivity contribution < 1.29 is 24.4 Å². The second-order valence-electron chi connectivity index (χ2n) is 7.24. The maximum absolute atomic E-state index is 12.5. The van der Waals surface area contributed by atoms with Gasteiger partial charge in [0, 0.05) is 25.6 Å². The molecule has 0 saturated heterocycles. The number of benzene rings is 1. The Labute approximate surface area is 174 Å². The van der Waals surface area contributed by atoms with Crippen LogP contribution in [0.15, 0.2) is 12.1 Å². The van der Waals surface area contributed by atoms with E-state index in [1.165, 1.54) is 31.4 Å². The van der Waals surface area contributed by atoms with Gasteiger partial charge in [-0.3, -0.25) is 19.7 Å². The van der Waals surface area contributed by atoms with Crippen molar-refractivity contribution in [2.75, 3.05) is 26.3 Å². The van der Waals surface area contributed by atoms with E-state index in [0.717, 1.165) is 12.8 Å². The largest absolute Gasteiger partial charge is 0.493 e. The molecule has 1 fully saturated rings. The van der Waals surface area contributed by atoms with Crippen LogP contribution in [0.2, 0.25) is 5.02 Å². The van der Waals surface area contributed by atoms with Crippen molar-refractivity contribution in [2.24, 2.45) is 5.92 Å². The summed E-state index contributed by atoms with van der Waals surface area (Å²) in [7, 11) is 0. The van der Waals surface area contributed by atoms with Crippen molar-refractivity contribution in [1.29, 1.82) is 0 Å². The Morgan fingerprint density at radius 1 is 1.34 bits per heavy atom. The molecule has 0 aliphatic heterocycles. The average molecular weight is 427 g/mol. The fourth-order valence-electron chi connectivity index (χ4n) is 3.65. The molecule has 0 heterocycles. The lowest BCUT2D eigenvalue weighted by molar-refractivity contribution is -0.384. The maximum Gasteiger partial charge on any atom is 0.298 e. The molecule has 0 aromatic heterocycles. The van der Waals surface area contributed by atoms with Gasteiger partial charge in [-0.15, -0.1) is 0 Å². The molecule has 29 heavy (non-hydrogen) atoms. The van der Waals surface area contributed by atoms with E-state index in [-0.39, 0.29) is 41.9 Å². The van der Waals surface area contributed by atoms with Crippen LogP contribution in [0.3, 0.4) is 0 Å². The van der Waals surface area contributed by atoms with Crippen LogP contribution in [-0.2, 0) is 4.79 Å². The van der Waals surface area contributed by atoms with E-state index >= 15 is 0 Å². The van der Waals surface area contributed by atoms with Crippen LogP contribution < -0.4 is 4.74 Å². The average Bonchev–Trinajstić information content (AvgIpc) is 2.70. The minimum atomic E-state index is -0.712. The molecule has 1 aliphatic carbocycles. The number of halogens is 1. The first kappa shape index (κ1) is 23.1. The molecular weight excluding hydrogens is 400 g/mol. The molecule has 1 aromatic carbocycles. The highest BCUT2D eigenvalue weighted by Crippen LogP contribution is 2.32. The molecule has 0 bridgehead atoms. The molecule has 1 aromatic rings. The van der Waals surface area contributed by atoms with Crippen molar-refractivity contribution in [2.45, 2.75) is 44.9 Å². The highest BCUT2D eigenvalue weighted by atomic mass is 35.5. The highest BCUT2D eigenvalue weighted by molar-refractivity contribution is 6.33. The summed E-state index contributed by atoms with van der Waals surface area (Å²) in [6.45, 7) is 1.15. The topological polar surface area (TPSA) is 110 Å². The molecule has 1 N–H and O–H groups in total. The van der Waals surface area contributed by atoms with Gasteiger partial charge in [0.25, 0.3) is 5.69 Å². The van der Waals surface area contributed by atoms with E-state index in [2.05, 4.69) is 0 Å². The third-order valence-electron chi connectivity index (χ3n) is 5.11. The number of aliphatic hydroxyl groups is 1. The number of aliphatic hydroxyl groups excluding tert-OH is 1. The van der Waals surface area contributed by atoms with Crippen LogP contribution in [0.25, 0.3) is 0 Å². The summed E-state index contributed by atoms with van der Waals surface area (Å²) in [6.07, 6.45) is 6.96. The van der Waals surface area contributed by atoms with Gasteiger partial charge < -0.3 is 14.7 Å². The molecule has 9 heteroatoms. The second-order valence-corrected chi connectivity index (χ2v) is 7.64. The monoisotopic (exact) mass is 426 g/mol. The minimum absolute atomic E-state index is 0.0245. The van der Waals surface area contributed by atoms with E-state index in [1.807, 2.05) is 0 Å². The van der Waals surface area contributed by atoms with Crippen LogP contribution in [0.1, 0.15) is 55.3 Å². The van der Waals surface area contributed by atoms with Gasteiger partial charge in [0.15, 0.2) is 6.29 Å². The Hall–Kier alpha value is -2.19. The van der Waals surface area contributed by atoms with Gasteiger partial charge >= 0.3 is 0 Å². The first-order valence-corrected chi connectivity index (χ1v) is 10.3. The first-order valence-electron chi connectivity index (χ1n) is 9.90. The number of carbonyl (C=O) groups excluding carboxylic acids is 2. The number of nitro groups is 1. The number of aldehydes is 1. The maximum atomic E-state index is 12.5. The quantitative estimate of drug-likeness (QED) is 0.250. The van der Waals surface area contributed by atoms with Gasteiger partial charge in [-0.1, -0.05) is 30.9 Å². The van der Waals surface area contributed by atoms with Crippen LogP contribution in [-0.4, -0.2) is 53.4 Å². The number of nitro benzene ring substituents is 1. The molecule has 160 valence electrons. The molecule has 2 rings (SSSR count).